The molecule has 1 aliphatic rings. The third-order valence-electron chi connectivity index (χ3n) is 4.64. The van der Waals surface area contributed by atoms with Gasteiger partial charge >= 0.3 is 21.7 Å². The number of alkyl halides is 6. The van der Waals surface area contributed by atoms with E-state index < -0.39 is 39.9 Å². The van der Waals surface area contributed by atoms with Crippen LogP contribution in [0.1, 0.15) is 33.9 Å². The van der Waals surface area contributed by atoms with Gasteiger partial charge in [0.1, 0.15) is 0 Å². The Kier molecular flexibility index (Phi) is 4.99. The molecule has 0 radical (unpaired) electrons. The Morgan fingerprint density at radius 3 is 2.11 bits per heavy atom. The molecule has 1 heterocycles. The first-order chi connectivity index (χ1) is 12.8. The molecule has 0 amide bonds. The summed E-state index contributed by atoms with van der Waals surface area (Å²) in [6, 6.07) is 7.02. The molecule has 152 valence electrons. The van der Waals surface area contributed by atoms with E-state index in [0.717, 1.165) is 29.8 Å². The molecule has 0 aliphatic carbocycles. The Balaban J connectivity index is 2.16. The largest absolute Gasteiger partial charge is 0.511 e. The SMILES string of the molecule is Cc1ccc2c(c1)CCN(S(=O)(=O)C(F)(F)F)C2c1ccc(C(F)(F)F)cc1. The van der Waals surface area contributed by atoms with Crippen LogP contribution >= 0.6 is 0 Å². The maximum absolute atomic E-state index is 13.2. The van der Waals surface area contributed by atoms with E-state index >= 15 is 0 Å². The minimum atomic E-state index is -5.68. The van der Waals surface area contributed by atoms with Crippen molar-refractivity contribution in [3.63, 3.8) is 0 Å². The highest BCUT2D eigenvalue weighted by Crippen LogP contribution is 2.42. The van der Waals surface area contributed by atoms with Gasteiger partial charge in [0, 0.05) is 6.54 Å². The zero-order valence-electron chi connectivity index (χ0n) is 14.5. The number of halogens is 6. The summed E-state index contributed by atoms with van der Waals surface area (Å²) in [4.78, 5) is 0. The zero-order chi connectivity index (χ0) is 20.9. The maximum Gasteiger partial charge on any atom is 0.511 e. The molecular formula is C18H15F6NO2S. The predicted octanol–water partition coefficient (Wildman–Crippen LogP) is 4.81. The molecule has 0 saturated carbocycles. The molecule has 3 nitrogen and oxygen atoms in total. The van der Waals surface area contributed by atoms with Crippen LogP contribution in [0.25, 0.3) is 0 Å². The van der Waals surface area contributed by atoms with Gasteiger partial charge in [-0.3, -0.25) is 0 Å². The van der Waals surface area contributed by atoms with Crippen LogP contribution in [0, 0.1) is 6.92 Å². The third-order valence-corrected chi connectivity index (χ3v) is 6.23. The van der Waals surface area contributed by atoms with Crippen molar-refractivity contribution in [3.05, 3.63) is 70.3 Å². The van der Waals surface area contributed by atoms with Gasteiger partial charge in [0.15, 0.2) is 0 Å². The van der Waals surface area contributed by atoms with Crippen molar-refractivity contribution in [3.8, 4) is 0 Å². The summed E-state index contributed by atoms with van der Waals surface area (Å²) in [6.07, 6.45) is -4.54. The smallest absolute Gasteiger partial charge is 0.203 e. The first-order valence-electron chi connectivity index (χ1n) is 8.17. The number of fused-ring (bicyclic) bond motifs is 1. The summed E-state index contributed by atoms with van der Waals surface area (Å²) in [6.45, 7) is 1.36. The van der Waals surface area contributed by atoms with Crippen LogP contribution in [0.5, 0.6) is 0 Å². The molecule has 2 aromatic carbocycles. The summed E-state index contributed by atoms with van der Waals surface area (Å²) in [5.41, 5.74) is -4.62. The summed E-state index contributed by atoms with van der Waals surface area (Å²) in [5, 5.41) is 0. The molecule has 0 bridgehead atoms. The van der Waals surface area contributed by atoms with E-state index in [1.807, 2.05) is 0 Å². The van der Waals surface area contributed by atoms with E-state index in [1.54, 1.807) is 19.1 Å². The number of hydrogen-bond acceptors (Lipinski definition) is 2. The van der Waals surface area contributed by atoms with Crippen LogP contribution in [0.3, 0.4) is 0 Å². The standard InChI is InChI=1S/C18H15F6NO2S/c1-11-2-7-15-13(10-11)8-9-25(28(26,27)18(22,23)24)16(15)12-3-5-14(6-4-12)17(19,20)21/h2-7,10,16H,8-9H2,1H3. The summed E-state index contributed by atoms with van der Waals surface area (Å²) in [7, 11) is -5.68. The molecule has 0 spiro atoms. The number of sulfonamides is 1. The van der Waals surface area contributed by atoms with Gasteiger partial charge in [-0.1, -0.05) is 35.9 Å². The Morgan fingerprint density at radius 2 is 1.57 bits per heavy atom. The van der Waals surface area contributed by atoms with Crippen LogP contribution in [0.2, 0.25) is 0 Å². The van der Waals surface area contributed by atoms with Crippen molar-refractivity contribution < 1.29 is 34.8 Å². The molecule has 0 aromatic heterocycles. The molecule has 0 N–H and O–H groups in total. The van der Waals surface area contributed by atoms with Crippen molar-refractivity contribution in [1.29, 1.82) is 0 Å². The minimum absolute atomic E-state index is 0.0330. The fourth-order valence-corrected chi connectivity index (χ4v) is 4.44. The zero-order valence-corrected chi connectivity index (χ0v) is 15.3. The number of hydrogen-bond donors (Lipinski definition) is 0. The number of rotatable bonds is 2. The van der Waals surface area contributed by atoms with E-state index in [4.69, 9.17) is 0 Å². The van der Waals surface area contributed by atoms with Gasteiger partial charge in [-0.25, -0.2) is 8.42 Å². The Bertz CT molecular complexity index is 981. The molecule has 0 saturated heterocycles. The molecule has 28 heavy (non-hydrogen) atoms. The molecule has 10 heteroatoms. The van der Waals surface area contributed by atoms with Crippen molar-refractivity contribution in [1.82, 2.24) is 4.31 Å². The third kappa shape index (κ3) is 3.62. The van der Waals surface area contributed by atoms with Gasteiger partial charge in [0.2, 0.25) is 0 Å². The first-order valence-corrected chi connectivity index (χ1v) is 9.61. The second kappa shape index (κ2) is 6.77. The fraction of sp³-hybridized carbons (Fsp3) is 0.333. The highest BCUT2D eigenvalue weighted by atomic mass is 32.2. The van der Waals surface area contributed by atoms with Crippen molar-refractivity contribution in [2.75, 3.05) is 6.54 Å². The van der Waals surface area contributed by atoms with E-state index in [9.17, 15) is 34.8 Å². The highest BCUT2D eigenvalue weighted by molar-refractivity contribution is 7.90. The molecule has 3 rings (SSSR count). The second-order valence-corrected chi connectivity index (χ2v) is 8.42. The summed E-state index contributed by atoms with van der Waals surface area (Å²) >= 11 is 0. The van der Waals surface area contributed by atoms with Gasteiger partial charge in [0.25, 0.3) is 0 Å². The van der Waals surface area contributed by atoms with E-state index in [-0.39, 0.29) is 12.0 Å². The highest BCUT2D eigenvalue weighted by Gasteiger charge is 2.53. The Morgan fingerprint density at radius 1 is 0.964 bits per heavy atom. The van der Waals surface area contributed by atoms with Gasteiger partial charge < -0.3 is 0 Å². The minimum Gasteiger partial charge on any atom is -0.203 e. The molecule has 1 aliphatic heterocycles. The quantitative estimate of drug-likeness (QED) is 0.650. The van der Waals surface area contributed by atoms with Crippen LogP contribution in [-0.2, 0) is 22.6 Å². The topological polar surface area (TPSA) is 37.4 Å². The lowest BCUT2D eigenvalue weighted by Gasteiger charge is -2.37. The van der Waals surface area contributed by atoms with Crippen LogP contribution in [-0.4, -0.2) is 24.8 Å². The first kappa shape index (κ1) is 20.7. The lowest BCUT2D eigenvalue weighted by Crippen LogP contribution is -2.46. The molecule has 0 fully saturated rings. The van der Waals surface area contributed by atoms with Gasteiger partial charge in [-0.05, 0) is 42.2 Å². The average Bonchev–Trinajstić information content (AvgIpc) is 2.58. The van der Waals surface area contributed by atoms with E-state index in [0.29, 0.717) is 15.4 Å². The molecular weight excluding hydrogens is 408 g/mol. The van der Waals surface area contributed by atoms with Crippen LogP contribution in [0.4, 0.5) is 26.3 Å². The van der Waals surface area contributed by atoms with Crippen molar-refractivity contribution in [2.24, 2.45) is 0 Å². The normalized spacial score (nSPS) is 18.8. The second-order valence-electron chi connectivity index (χ2n) is 6.54. The van der Waals surface area contributed by atoms with E-state index in [2.05, 4.69) is 0 Å². The Hall–Kier alpha value is -2.07. The Labute approximate surface area is 157 Å². The van der Waals surface area contributed by atoms with Gasteiger partial charge in [-0.2, -0.15) is 30.6 Å². The van der Waals surface area contributed by atoms with Gasteiger partial charge in [0.05, 0.1) is 11.6 Å². The summed E-state index contributed by atoms with van der Waals surface area (Å²) in [5.74, 6) is 0. The van der Waals surface area contributed by atoms with Crippen molar-refractivity contribution in [2.45, 2.75) is 31.1 Å². The number of nitrogens with zero attached hydrogens (tertiary/aromatic N) is 1. The molecule has 2 aromatic rings. The molecule has 1 unspecified atom stereocenters. The lowest BCUT2D eigenvalue weighted by molar-refractivity contribution is -0.137. The molecule has 1 atom stereocenters. The average molecular weight is 423 g/mol. The van der Waals surface area contributed by atoms with Gasteiger partial charge in [-0.15, -0.1) is 0 Å². The fourth-order valence-electron chi connectivity index (χ4n) is 3.32. The monoisotopic (exact) mass is 423 g/mol. The lowest BCUT2D eigenvalue weighted by atomic mass is 9.88. The number of benzene rings is 2. The van der Waals surface area contributed by atoms with Crippen LogP contribution in [0.15, 0.2) is 42.5 Å². The summed E-state index contributed by atoms with van der Waals surface area (Å²) < 4.78 is 103. The van der Waals surface area contributed by atoms with Crippen molar-refractivity contribution >= 4 is 10.0 Å². The number of aryl methyl sites for hydroxylation is 1. The van der Waals surface area contributed by atoms with E-state index in [1.165, 1.54) is 6.07 Å². The predicted molar refractivity (Wildman–Crippen MR) is 89.9 cm³/mol. The maximum atomic E-state index is 13.2. The van der Waals surface area contributed by atoms with Crippen LogP contribution < -0.4 is 0 Å².